The smallest absolute Gasteiger partial charge is 0.231 e. The van der Waals surface area contributed by atoms with Crippen LogP contribution in [0.15, 0.2) is 24.4 Å². The van der Waals surface area contributed by atoms with Gasteiger partial charge in [-0.05, 0) is 36.4 Å². The molecule has 20 heavy (non-hydrogen) atoms. The summed E-state index contributed by atoms with van der Waals surface area (Å²) in [6, 6.07) is 5.97. The third kappa shape index (κ3) is 2.75. The van der Waals surface area contributed by atoms with Gasteiger partial charge in [-0.2, -0.15) is 0 Å². The standard InChI is InChI=1S/C15H17ClN2O2/c16-5-2-1-3-6-17-15-12-9-14-13(19-10-20-14)8-11(12)4-7-18-15/h4,7-9H,1-3,5-6,10H2,(H,17,18). The number of anilines is 1. The molecule has 0 saturated carbocycles. The van der Waals surface area contributed by atoms with E-state index >= 15 is 0 Å². The van der Waals surface area contributed by atoms with Gasteiger partial charge in [-0.15, -0.1) is 11.6 Å². The first kappa shape index (κ1) is 13.3. The van der Waals surface area contributed by atoms with Gasteiger partial charge < -0.3 is 14.8 Å². The van der Waals surface area contributed by atoms with Crippen molar-refractivity contribution in [2.45, 2.75) is 19.3 Å². The number of aromatic nitrogens is 1. The summed E-state index contributed by atoms with van der Waals surface area (Å²) in [5.41, 5.74) is 0. The van der Waals surface area contributed by atoms with Crippen LogP contribution in [0.1, 0.15) is 19.3 Å². The van der Waals surface area contributed by atoms with Gasteiger partial charge >= 0.3 is 0 Å². The largest absolute Gasteiger partial charge is 0.454 e. The van der Waals surface area contributed by atoms with E-state index in [1.165, 1.54) is 0 Å². The van der Waals surface area contributed by atoms with Crippen molar-refractivity contribution in [3.05, 3.63) is 24.4 Å². The number of fused-ring (bicyclic) bond motifs is 2. The Hall–Kier alpha value is -1.68. The number of nitrogens with one attached hydrogen (secondary N) is 1. The van der Waals surface area contributed by atoms with E-state index < -0.39 is 0 Å². The van der Waals surface area contributed by atoms with Crippen LogP contribution in [0.2, 0.25) is 0 Å². The van der Waals surface area contributed by atoms with Gasteiger partial charge in [0.05, 0.1) is 0 Å². The zero-order chi connectivity index (χ0) is 13.8. The second-order valence-corrected chi connectivity index (χ2v) is 5.14. The quantitative estimate of drug-likeness (QED) is 0.650. The fourth-order valence-corrected chi connectivity index (χ4v) is 2.50. The Bertz CT molecular complexity index is 604. The average molecular weight is 293 g/mol. The third-order valence-corrected chi connectivity index (χ3v) is 3.63. The summed E-state index contributed by atoms with van der Waals surface area (Å²) in [5.74, 6) is 3.22. The number of pyridine rings is 1. The molecule has 0 unspecified atom stereocenters. The molecular formula is C15H17ClN2O2. The van der Waals surface area contributed by atoms with Crippen LogP contribution < -0.4 is 14.8 Å². The number of hydrogen-bond donors (Lipinski definition) is 1. The van der Waals surface area contributed by atoms with Gasteiger partial charge in [0, 0.05) is 24.0 Å². The van der Waals surface area contributed by atoms with E-state index in [0.29, 0.717) is 6.79 Å². The minimum atomic E-state index is 0.292. The first-order valence-corrected chi connectivity index (χ1v) is 7.40. The molecule has 0 radical (unpaired) electrons. The van der Waals surface area contributed by atoms with Crippen molar-refractivity contribution in [2.24, 2.45) is 0 Å². The summed E-state index contributed by atoms with van der Waals surface area (Å²) in [7, 11) is 0. The van der Waals surface area contributed by atoms with E-state index in [4.69, 9.17) is 21.1 Å². The molecule has 0 saturated heterocycles. The SMILES string of the molecule is ClCCCCCNc1nccc2cc3c(cc12)OCO3. The van der Waals surface area contributed by atoms with E-state index in [1.807, 2.05) is 24.4 Å². The number of ether oxygens (including phenoxy) is 2. The highest BCUT2D eigenvalue weighted by Crippen LogP contribution is 2.37. The van der Waals surface area contributed by atoms with Crippen molar-refractivity contribution in [1.82, 2.24) is 4.98 Å². The monoisotopic (exact) mass is 292 g/mol. The lowest BCUT2D eigenvalue weighted by atomic mass is 10.1. The van der Waals surface area contributed by atoms with Crippen LogP contribution in [0.4, 0.5) is 5.82 Å². The molecule has 5 heteroatoms. The Morgan fingerprint density at radius 3 is 2.85 bits per heavy atom. The maximum absolute atomic E-state index is 5.67. The molecule has 3 rings (SSSR count). The minimum Gasteiger partial charge on any atom is -0.454 e. The number of rotatable bonds is 6. The Labute approximate surface area is 123 Å². The molecule has 1 aliphatic heterocycles. The van der Waals surface area contributed by atoms with Crippen molar-refractivity contribution in [2.75, 3.05) is 24.5 Å². The van der Waals surface area contributed by atoms with Crippen LogP contribution in [-0.2, 0) is 0 Å². The minimum absolute atomic E-state index is 0.292. The lowest BCUT2D eigenvalue weighted by molar-refractivity contribution is 0.174. The van der Waals surface area contributed by atoms with Gasteiger partial charge in [-0.25, -0.2) is 4.98 Å². The molecule has 1 aromatic carbocycles. The predicted octanol–water partition coefficient (Wildman–Crippen LogP) is 3.78. The fraction of sp³-hybridized carbons (Fsp3) is 0.400. The summed E-state index contributed by atoms with van der Waals surface area (Å²) in [4.78, 5) is 4.42. The number of nitrogens with zero attached hydrogens (tertiary/aromatic N) is 1. The molecule has 4 nitrogen and oxygen atoms in total. The molecule has 0 aliphatic carbocycles. The second-order valence-electron chi connectivity index (χ2n) is 4.76. The molecule has 0 fully saturated rings. The van der Waals surface area contributed by atoms with E-state index in [1.54, 1.807) is 0 Å². The molecule has 2 heterocycles. The molecular weight excluding hydrogens is 276 g/mol. The van der Waals surface area contributed by atoms with E-state index in [-0.39, 0.29) is 0 Å². The lowest BCUT2D eigenvalue weighted by Gasteiger charge is -2.09. The van der Waals surface area contributed by atoms with Crippen molar-refractivity contribution >= 4 is 28.2 Å². The van der Waals surface area contributed by atoms with E-state index in [2.05, 4.69) is 10.3 Å². The lowest BCUT2D eigenvalue weighted by Crippen LogP contribution is -2.03. The number of halogens is 1. The van der Waals surface area contributed by atoms with Crippen LogP contribution >= 0.6 is 11.6 Å². The highest BCUT2D eigenvalue weighted by atomic mass is 35.5. The van der Waals surface area contributed by atoms with Crippen molar-refractivity contribution < 1.29 is 9.47 Å². The summed E-state index contributed by atoms with van der Waals surface area (Å²) in [6.45, 7) is 1.19. The number of unbranched alkanes of at least 4 members (excludes halogenated alkanes) is 2. The first-order valence-electron chi connectivity index (χ1n) is 6.86. The van der Waals surface area contributed by atoms with Crippen LogP contribution in [0.25, 0.3) is 10.8 Å². The fourth-order valence-electron chi connectivity index (χ4n) is 2.31. The van der Waals surface area contributed by atoms with Gasteiger partial charge in [0.25, 0.3) is 0 Å². The molecule has 1 aliphatic rings. The topological polar surface area (TPSA) is 43.4 Å². The number of hydrogen-bond acceptors (Lipinski definition) is 4. The molecule has 106 valence electrons. The Morgan fingerprint density at radius 2 is 2.00 bits per heavy atom. The maximum atomic E-state index is 5.67. The predicted molar refractivity (Wildman–Crippen MR) is 80.9 cm³/mol. The van der Waals surface area contributed by atoms with Gasteiger partial charge in [-0.3, -0.25) is 0 Å². The zero-order valence-corrected chi connectivity index (χ0v) is 11.9. The third-order valence-electron chi connectivity index (χ3n) is 3.36. The van der Waals surface area contributed by atoms with Crippen molar-refractivity contribution in [3.8, 4) is 11.5 Å². The van der Waals surface area contributed by atoms with Gasteiger partial charge in [0.2, 0.25) is 6.79 Å². The van der Waals surface area contributed by atoms with E-state index in [9.17, 15) is 0 Å². The zero-order valence-electron chi connectivity index (χ0n) is 11.2. The molecule has 1 N–H and O–H groups in total. The van der Waals surface area contributed by atoms with Gasteiger partial charge in [0.15, 0.2) is 11.5 Å². The van der Waals surface area contributed by atoms with Crippen molar-refractivity contribution in [1.29, 1.82) is 0 Å². The summed E-state index contributed by atoms with van der Waals surface area (Å²) >= 11 is 5.67. The van der Waals surface area contributed by atoms with Crippen molar-refractivity contribution in [3.63, 3.8) is 0 Å². The molecule has 0 amide bonds. The second kappa shape index (κ2) is 6.18. The molecule has 1 aromatic heterocycles. The van der Waals surface area contributed by atoms with E-state index in [0.717, 1.165) is 59.8 Å². The molecule has 0 bridgehead atoms. The summed E-state index contributed by atoms with van der Waals surface area (Å²) in [6.07, 6.45) is 5.10. The average Bonchev–Trinajstić information content (AvgIpc) is 2.92. The first-order chi connectivity index (χ1) is 9.88. The molecule has 2 aromatic rings. The maximum Gasteiger partial charge on any atom is 0.231 e. The Kier molecular flexibility index (Phi) is 4.11. The Balaban J connectivity index is 1.77. The van der Waals surface area contributed by atoms with Gasteiger partial charge in [-0.1, -0.05) is 6.42 Å². The number of benzene rings is 1. The number of alkyl halides is 1. The molecule has 0 spiro atoms. The molecule has 0 atom stereocenters. The van der Waals surface area contributed by atoms with Crippen LogP contribution in [-0.4, -0.2) is 24.2 Å². The Morgan fingerprint density at radius 1 is 1.15 bits per heavy atom. The van der Waals surface area contributed by atoms with Gasteiger partial charge in [0.1, 0.15) is 5.82 Å². The summed E-state index contributed by atoms with van der Waals surface area (Å²) in [5, 5.41) is 5.56. The highest BCUT2D eigenvalue weighted by Gasteiger charge is 2.15. The van der Waals surface area contributed by atoms with Crippen LogP contribution in [0.5, 0.6) is 11.5 Å². The normalized spacial score (nSPS) is 12.8. The summed E-state index contributed by atoms with van der Waals surface area (Å²) < 4.78 is 10.8. The van der Waals surface area contributed by atoms with Crippen LogP contribution in [0, 0.1) is 0 Å². The highest BCUT2D eigenvalue weighted by molar-refractivity contribution is 6.17. The van der Waals surface area contributed by atoms with Crippen LogP contribution in [0.3, 0.4) is 0 Å².